The number of ether oxygens (including phenoxy) is 1. The van der Waals surface area contributed by atoms with Gasteiger partial charge in [-0.15, -0.1) is 22.9 Å². The van der Waals surface area contributed by atoms with Crippen molar-refractivity contribution in [3.8, 4) is 0 Å². The van der Waals surface area contributed by atoms with Crippen molar-refractivity contribution in [3.63, 3.8) is 0 Å². The normalized spacial score (nSPS) is 10.3. The monoisotopic (exact) mass is 275 g/mol. The molecule has 0 saturated heterocycles. The highest BCUT2D eigenvalue weighted by atomic mass is 35.5. The zero-order valence-electron chi connectivity index (χ0n) is 10.2. The fourth-order valence-corrected chi connectivity index (χ4v) is 2.79. The number of anilines is 1. The predicted octanol–water partition coefficient (Wildman–Crippen LogP) is 4.05. The van der Waals surface area contributed by atoms with Gasteiger partial charge >= 0.3 is 6.09 Å². The molecule has 0 bridgehead atoms. The van der Waals surface area contributed by atoms with E-state index in [1.807, 2.05) is 0 Å². The summed E-state index contributed by atoms with van der Waals surface area (Å²) in [6.07, 6.45) is 2.20. The van der Waals surface area contributed by atoms with E-state index in [9.17, 15) is 4.79 Å². The lowest BCUT2D eigenvalue weighted by Gasteiger charge is -2.07. The molecule has 0 aliphatic rings. The molecule has 0 unspecified atom stereocenters. The number of carbonyl (C=O) groups is 1. The van der Waals surface area contributed by atoms with Gasteiger partial charge in [0.2, 0.25) is 0 Å². The third-order valence-electron chi connectivity index (χ3n) is 2.44. The molecule has 1 heterocycles. The molecule has 1 amide bonds. The zero-order chi connectivity index (χ0) is 12.7. The largest absolute Gasteiger partial charge is 0.449 e. The molecule has 0 aliphatic carbocycles. The molecule has 0 saturated carbocycles. The van der Waals surface area contributed by atoms with Gasteiger partial charge in [-0.3, -0.25) is 5.32 Å². The van der Waals surface area contributed by atoms with Crippen molar-refractivity contribution in [3.05, 3.63) is 16.5 Å². The molecular weight excluding hydrogens is 258 g/mol. The van der Waals surface area contributed by atoms with E-state index in [4.69, 9.17) is 16.3 Å². The maximum Gasteiger partial charge on any atom is 0.412 e. The second-order valence-corrected chi connectivity index (χ2v) is 4.84. The number of hydrogen-bond donors (Lipinski definition) is 1. The summed E-state index contributed by atoms with van der Waals surface area (Å²) in [4.78, 5) is 11.5. The highest BCUT2D eigenvalue weighted by Crippen LogP contribution is 2.29. The lowest BCUT2D eigenvalue weighted by molar-refractivity contribution is 0.162. The topological polar surface area (TPSA) is 38.3 Å². The number of hydrogen-bond acceptors (Lipinski definition) is 3. The third kappa shape index (κ3) is 4.21. The first-order chi connectivity index (χ1) is 8.22. The number of rotatable bonds is 6. The third-order valence-corrected chi connectivity index (χ3v) is 3.70. The fraction of sp³-hybridized carbons (Fsp3) is 0.583. The quantitative estimate of drug-likeness (QED) is 0.628. The van der Waals surface area contributed by atoms with Gasteiger partial charge in [-0.25, -0.2) is 4.79 Å². The summed E-state index contributed by atoms with van der Waals surface area (Å²) < 4.78 is 5.00. The van der Waals surface area contributed by atoms with Crippen LogP contribution >= 0.6 is 22.9 Å². The van der Waals surface area contributed by atoms with Gasteiger partial charge in [0.25, 0.3) is 0 Å². The van der Waals surface area contributed by atoms with Crippen molar-refractivity contribution >= 4 is 34.0 Å². The first-order valence-electron chi connectivity index (χ1n) is 5.81. The van der Waals surface area contributed by atoms with Crippen molar-refractivity contribution in [2.75, 3.05) is 17.8 Å². The smallest absolute Gasteiger partial charge is 0.412 e. The molecule has 0 aromatic carbocycles. The summed E-state index contributed by atoms with van der Waals surface area (Å²) in [6.45, 7) is 4.57. The summed E-state index contributed by atoms with van der Waals surface area (Å²) >= 11 is 7.06. The summed E-state index contributed by atoms with van der Waals surface area (Å²) in [5.74, 6) is 0.506. The maximum absolute atomic E-state index is 11.5. The van der Waals surface area contributed by atoms with Crippen LogP contribution in [0.15, 0.2) is 5.38 Å². The molecule has 0 spiro atoms. The lowest BCUT2D eigenvalue weighted by atomic mass is 10.1. The van der Waals surface area contributed by atoms with Crippen LogP contribution in [0.2, 0.25) is 0 Å². The highest BCUT2D eigenvalue weighted by molar-refractivity contribution is 7.14. The van der Waals surface area contributed by atoms with Crippen LogP contribution in [0.5, 0.6) is 0 Å². The number of halogens is 1. The number of carbonyl (C=O) groups excluding carboxylic acids is 1. The van der Waals surface area contributed by atoms with Gasteiger partial charge in [0.1, 0.15) is 5.00 Å². The van der Waals surface area contributed by atoms with Crippen molar-refractivity contribution in [2.24, 2.45) is 0 Å². The van der Waals surface area contributed by atoms with E-state index in [1.165, 1.54) is 11.1 Å². The number of thiophene rings is 1. The number of alkyl halides is 1. The number of amides is 1. The Balaban J connectivity index is 2.55. The second-order valence-electron chi connectivity index (χ2n) is 3.58. The summed E-state index contributed by atoms with van der Waals surface area (Å²) in [5.41, 5.74) is 2.51. The molecule has 0 atom stereocenters. The molecule has 1 aromatic heterocycles. The van der Waals surface area contributed by atoms with Crippen molar-refractivity contribution in [2.45, 2.75) is 33.1 Å². The van der Waals surface area contributed by atoms with E-state index in [2.05, 4.69) is 24.5 Å². The summed E-state index contributed by atoms with van der Waals surface area (Å²) in [7, 11) is 0. The number of aryl methyl sites for hydroxylation is 1. The van der Waals surface area contributed by atoms with Gasteiger partial charge in [-0.05, 0) is 35.8 Å². The Morgan fingerprint density at radius 2 is 2.24 bits per heavy atom. The first-order valence-corrected chi connectivity index (χ1v) is 7.23. The van der Waals surface area contributed by atoms with E-state index in [1.54, 1.807) is 11.3 Å². The van der Waals surface area contributed by atoms with E-state index in [0.717, 1.165) is 17.8 Å². The predicted molar refractivity (Wildman–Crippen MR) is 73.4 cm³/mol. The van der Waals surface area contributed by atoms with E-state index in [-0.39, 0.29) is 0 Å². The Morgan fingerprint density at radius 3 is 2.82 bits per heavy atom. The minimum Gasteiger partial charge on any atom is -0.449 e. The Labute approximate surface area is 111 Å². The van der Waals surface area contributed by atoms with Gasteiger partial charge in [-0.2, -0.15) is 0 Å². The Bertz CT molecular complexity index is 365. The van der Waals surface area contributed by atoms with Crippen LogP contribution in [-0.4, -0.2) is 18.6 Å². The molecule has 0 fully saturated rings. The van der Waals surface area contributed by atoms with Crippen LogP contribution in [0, 0.1) is 0 Å². The van der Waals surface area contributed by atoms with Crippen molar-refractivity contribution in [1.82, 2.24) is 0 Å². The molecule has 1 N–H and O–H groups in total. The van der Waals surface area contributed by atoms with Crippen molar-refractivity contribution in [1.29, 1.82) is 0 Å². The molecule has 5 heteroatoms. The molecule has 3 nitrogen and oxygen atoms in total. The van der Waals surface area contributed by atoms with Crippen LogP contribution in [-0.2, 0) is 17.6 Å². The van der Waals surface area contributed by atoms with Crippen LogP contribution in [0.1, 0.15) is 31.4 Å². The fourth-order valence-electron chi connectivity index (χ4n) is 1.56. The Hall–Kier alpha value is -0.740. The average Bonchev–Trinajstić information content (AvgIpc) is 2.71. The summed E-state index contributed by atoms with van der Waals surface area (Å²) in [6, 6.07) is 0. The van der Waals surface area contributed by atoms with E-state index < -0.39 is 6.09 Å². The van der Waals surface area contributed by atoms with Gasteiger partial charge < -0.3 is 4.74 Å². The van der Waals surface area contributed by atoms with E-state index in [0.29, 0.717) is 18.9 Å². The Morgan fingerprint density at radius 1 is 1.47 bits per heavy atom. The first kappa shape index (κ1) is 14.3. The molecule has 0 aliphatic heterocycles. The molecule has 1 rings (SSSR count). The maximum atomic E-state index is 11.5. The minimum atomic E-state index is -0.394. The van der Waals surface area contributed by atoms with Crippen LogP contribution in [0.25, 0.3) is 0 Å². The van der Waals surface area contributed by atoms with Gasteiger partial charge in [0, 0.05) is 5.88 Å². The molecule has 0 radical (unpaired) electrons. The van der Waals surface area contributed by atoms with Gasteiger partial charge in [0.15, 0.2) is 0 Å². The summed E-state index contributed by atoms with van der Waals surface area (Å²) in [5, 5.41) is 5.78. The minimum absolute atomic E-state index is 0.364. The second kappa shape index (κ2) is 7.56. The van der Waals surface area contributed by atoms with Crippen molar-refractivity contribution < 1.29 is 9.53 Å². The SMILES string of the molecule is CCc1csc(NC(=O)OCCCCl)c1CC. The van der Waals surface area contributed by atoms with Gasteiger partial charge in [-0.1, -0.05) is 13.8 Å². The van der Waals surface area contributed by atoms with E-state index >= 15 is 0 Å². The van der Waals surface area contributed by atoms with Gasteiger partial charge in [0.05, 0.1) is 6.61 Å². The van der Waals surface area contributed by atoms with Crippen LogP contribution in [0.4, 0.5) is 9.80 Å². The molecule has 17 heavy (non-hydrogen) atoms. The lowest BCUT2D eigenvalue weighted by Crippen LogP contribution is -2.14. The average molecular weight is 276 g/mol. The molecular formula is C12H18ClNO2S. The zero-order valence-corrected chi connectivity index (χ0v) is 11.8. The number of nitrogens with one attached hydrogen (secondary N) is 1. The highest BCUT2D eigenvalue weighted by Gasteiger charge is 2.11. The Kier molecular flexibility index (Phi) is 6.37. The molecule has 1 aromatic rings. The standard InChI is InChI=1S/C12H18ClNO2S/c1-3-9-8-17-11(10(9)4-2)14-12(15)16-7-5-6-13/h8H,3-7H2,1-2H3,(H,14,15). The molecule has 96 valence electrons. The van der Waals surface area contributed by atoms with Crippen LogP contribution in [0.3, 0.4) is 0 Å². The van der Waals surface area contributed by atoms with Crippen LogP contribution < -0.4 is 5.32 Å².